The maximum absolute atomic E-state index is 12.8. The number of sulfonamides is 1. The van der Waals surface area contributed by atoms with Crippen LogP contribution in [-0.2, 0) is 26.0 Å². The molecule has 0 spiro atoms. The first-order valence-electron chi connectivity index (χ1n) is 9.77. The summed E-state index contributed by atoms with van der Waals surface area (Å²) in [6.07, 6.45) is 0.913. The Balaban J connectivity index is 1.46. The van der Waals surface area contributed by atoms with Crippen LogP contribution in [0.1, 0.15) is 12.5 Å². The molecule has 4 rings (SSSR count). The van der Waals surface area contributed by atoms with Gasteiger partial charge in [-0.1, -0.05) is 24.3 Å². The minimum atomic E-state index is -3.60. The molecule has 8 heteroatoms. The Bertz CT molecular complexity index is 1000. The van der Waals surface area contributed by atoms with E-state index in [0.717, 1.165) is 12.1 Å². The minimum Gasteiger partial charge on any atom is -0.379 e. The highest BCUT2D eigenvalue weighted by atomic mass is 32.2. The summed E-state index contributed by atoms with van der Waals surface area (Å²) in [5.74, 6) is -0.172. The maximum atomic E-state index is 12.8. The lowest BCUT2D eigenvalue weighted by Gasteiger charge is -2.26. The number of carbonyl (C=O) groups is 1. The molecular formula is C21H25N3O4S. The Morgan fingerprint density at radius 3 is 2.69 bits per heavy atom. The minimum absolute atomic E-state index is 0.172. The van der Waals surface area contributed by atoms with Crippen LogP contribution < -0.4 is 10.2 Å². The molecule has 1 amide bonds. The Morgan fingerprint density at radius 2 is 1.90 bits per heavy atom. The van der Waals surface area contributed by atoms with Gasteiger partial charge < -0.3 is 15.0 Å². The van der Waals surface area contributed by atoms with E-state index in [1.165, 1.54) is 15.9 Å². The van der Waals surface area contributed by atoms with E-state index in [4.69, 9.17) is 4.74 Å². The van der Waals surface area contributed by atoms with Gasteiger partial charge in [-0.2, -0.15) is 4.31 Å². The number of hydrogen-bond donors (Lipinski definition) is 1. The number of rotatable bonds is 5. The van der Waals surface area contributed by atoms with Crippen molar-refractivity contribution < 1.29 is 17.9 Å². The smallest absolute Gasteiger partial charge is 0.243 e. The number of carbonyl (C=O) groups excluding carboxylic acids is 1. The molecule has 0 unspecified atom stereocenters. The summed E-state index contributed by atoms with van der Waals surface area (Å²) in [6, 6.07) is 14.8. The van der Waals surface area contributed by atoms with Gasteiger partial charge in [0.05, 0.1) is 24.7 Å². The van der Waals surface area contributed by atoms with Crippen molar-refractivity contribution >= 4 is 27.3 Å². The summed E-state index contributed by atoms with van der Waals surface area (Å²) in [5.41, 5.74) is 2.80. The van der Waals surface area contributed by atoms with Crippen LogP contribution in [-0.4, -0.2) is 57.5 Å². The van der Waals surface area contributed by atoms with Crippen molar-refractivity contribution in [3.8, 4) is 0 Å². The van der Waals surface area contributed by atoms with Crippen LogP contribution in [0.3, 0.4) is 0 Å². The van der Waals surface area contributed by atoms with E-state index in [1.54, 1.807) is 18.2 Å². The lowest BCUT2D eigenvalue weighted by molar-refractivity contribution is -0.115. The van der Waals surface area contributed by atoms with Gasteiger partial charge >= 0.3 is 0 Å². The second kappa shape index (κ2) is 8.14. The summed E-state index contributed by atoms with van der Waals surface area (Å²) in [7, 11) is -3.60. The van der Waals surface area contributed by atoms with Crippen LogP contribution in [0, 0.1) is 0 Å². The third-order valence-corrected chi connectivity index (χ3v) is 7.28. The van der Waals surface area contributed by atoms with Crippen molar-refractivity contribution in [2.45, 2.75) is 24.3 Å². The first-order valence-corrected chi connectivity index (χ1v) is 11.2. The molecule has 0 aromatic heterocycles. The van der Waals surface area contributed by atoms with Crippen LogP contribution in [0.15, 0.2) is 53.4 Å². The summed E-state index contributed by atoms with van der Waals surface area (Å²) in [5, 5.41) is 2.85. The first-order chi connectivity index (χ1) is 13.9. The van der Waals surface area contributed by atoms with E-state index in [-0.39, 0.29) is 23.4 Å². The lowest BCUT2D eigenvalue weighted by atomic mass is 10.1. The summed E-state index contributed by atoms with van der Waals surface area (Å²) in [6.45, 7) is 3.79. The highest BCUT2D eigenvalue weighted by Gasteiger charge is 2.28. The molecule has 2 aliphatic heterocycles. The summed E-state index contributed by atoms with van der Waals surface area (Å²) < 4.78 is 32.3. The number of ether oxygens (including phenoxy) is 1. The summed E-state index contributed by atoms with van der Waals surface area (Å²) in [4.78, 5) is 14.9. The zero-order valence-corrected chi connectivity index (χ0v) is 17.2. The molecule has 2 heterocycles. The molecule has 29 heavy (non-hydrogen) atoms. The predicted molar refractivity (Wildman–Crippen MR) is 112 cm³/mol. The molecule has 2 aromatic rings. The largest absolute Gasteiger partial charge is 0.379 e. The van der Waals surface area contributed by atoms with Crippen LogP contribution >= 0.6 is 0 Å². The Labute approximate surface area is 171 Å². The van der Waals surface area contributed by atoms with Crippen LogP contribution in [0.25, 0.3) is 0 Å². The van der Waals surface area contributed by atoms with Crippen LogP contribution in [0.2, 0.25) is 0 Å². The number of anilines is 2. The number of nitrogens with zero attached hydrogens (tertiary/aromatic N) is 2. The van der Waals surface area contributed by atoms with Gasteiger partial charge in [0.15, 0.2) is 0 Å². The van der Waals surface area contributed by atoms with Crippen LogP contribution in [0.5, 0.6) is 0 Å². The fourth-order valence-corrected chi connectivity index (χ4v) is 5.35. The number of amides is 1. The SMILES string of the molecule is C[C@H]1Cc2ccccc2N1CC(=O)Nc1cccc(S(=O)(=O)N2CCOCC2)c1. The zero-order valence-electron chi connectivity index (χ0n) is 16.4. The van der Waals surface area contributed by atoms with Gasteiger partial charge in [-0.05, 0) is 43.2 Å². The molecule has 7 nitrogen and oxygen atoms in total. The van der Waals surface area contributed by atoms with Crippen LogP contribution in [0.4, 0.5) is 11.4 Å². The Morgan fingerprint density at radius 1 is 1.14 bits per heavy atom. The fourth-order valence-electron chi connectivity index (χ4n) is 3.90. The van der Waals surface area contributed by atoms with Crippen molar-refractivity contribution in [3.63, 3.8) is 0 Å². The highest BCUT2D eigenvalue weighted by Crippen LogP contribution is 2.31. The number of benzene rings is 2. The van der Waals surface area contributed by atoms with Crippen molar-refractivity contribution in [2.24, 2.45) is 0 Å². The molecule has 1 fully saturated rings. The van der Waals surface area contributed by atoms with Gasteiger partial charge in [-0.25, -0.2) is 8.42 Å². The van der Waals surface area contributed by atoms with Crippen molar-refractivity contribution in [2.75, 3.05) is 43.1 Å². The highest BCUT2D eigenvalue weighted by molar-refractivity contribution is 7.89. The molecule has 0 bridgehead atoms. The topological polar surface area (TPSA) is 79.0 Å². The average molecular weight is 416 g/mol. The quantitative estimate of drug-likeness (QED) is 0.809. The van der Waals surface area contributed by atoms with Crippen molar-refractivity contribution in [1.29, 1.82) is 0 Å². The second-order valence-corrected chi connectivity index (χ2v) is 9.34. The zero-order chi connectivity index (χ0) is 20.4. The van der Waals surface area contributed by atoms with Gasteiger partial charge in [0.1, 0.15) is 0 Å². The number of fused-ring (bicyclic) bond motifs is 1. The molecule has 2 aromatic carbocycles. The number of para-hydroxylation sites is 1. The molecule has 0 saturated carbocycles. The molecule has 0 aliphatic carbocycles. The third-order valence-electron chi connectivity index (χ3n) is 5.39. The number of hydrogen-bond acceptors (Lipinski definition) is 5. The molecule has 1 saturated heterocycles. The average Bonchev–Trinajstić information content (AvgIpc) is 3.04. The fraction of sp³-hybridized carbons (Fsp3) is 0.381. The second-order valence-electron chi connectivity index (χ2n) is 7.40. The Kier molecular flexibility index (Phi) is 5.58. The number of nitrogens with one attached hydrogen (secondary N) is 1. The van der Waals surface area contributed by atoms with E-state index in [0.29, 0.717) is 32.0 Å². The van der Waals surface area contributed by atoms with Gasteiger partial charge in [0.25, 0.3) is 0 Å². The number of morpholine rings is 1. The Hall–Kier alpha value is -2.42. The van der Waals surface area contributed by atoms with Crippen molar-refractivity contribution in [3.05, 3.63) is 54.1 Å². The van der Waals surface area contributed by atoms with Gasteiger partial charge in [-0.3, -0.25) is 4.79 Å². The van der Waals surface area contributed by atoms with Gasteiger partial charge in [0, 0.05) is 30.5 Å². The molecular weight excluding hydrogens is 390 g/mol. The van der Waals surface area contributed by atoms with E-state index in [9.17, 15) is 13.2 Å². The molecule has 2 aliphatic rings. The first kappa shape index (κ1) is 19.9. The monoisotopic (exact) mass is 415 g/mol. The molecule has 0 radical (unpaired) electrons. The molecule has 1 atom stereocenters. The molecule has 154 valence electrons. The summed E-state index contributed by atoms with van der Waals surface area (Å²) >= 11 is 0. The van der Waals surface area contributed by atoms with E-state index in [2.05, 4.69) is 23.2 Å². The van der Waals surface area contributed by atoms with Gasteiger partial charge in [0.2, 0.25) is 15.9 Å². The predicted octanol–water partition coefficient (Wildman–Crippen LogP) is 2.10. The lowest BCUT2D eigenvalue weighted by Crippen LogP contribution is -2.40. The van der Waals surface area contributed by atoms with E-state index < -0.39 is 10.0 Å². The normalized spacial score (nSPS) is 19.8. The third kappa shape index (κ3) is 4.14. The van der Waals surface area contributed by atoms with E-state index in [1.807, 2.05) is 18.2 Å². The van der Waals surface area contributed by atoms with Gasteiger partial charge in [-0.15, -0.1) is 0 Å². The standard InChI is InChI=1S/C21H25N3O4S/c1-16-13-17-5-2-3-8-20(17)24(16)15-21(25)22-18-6-4-7-19(14-18)29(26,27)23-9-11-28-12-10-23/h2-8,14,16H,9-13,15H2,1H3,(H,22,25)/t16-/m0/s1. The maximum Gasteiger partial charge on any atom is 0.243 e. The van der Waals surface area contributed by atoms with E-state index >= 15 is 0 Å². The van der Waals surface area contributed by atoms with Crippen molar-refractivity contribution in [1.82, 2.24) is 4.31 Å². The molecule has 1 N–H and O–H groups in total.